The van der Waals surface area contributed by atoms with E-state index in [0.29, 0.717) is 12.2 Å². The number of hydrogen-bond acceptors (Lipinski definition) is 3. The van der Waals surface area contributed by atoms with Crippen molar-refractivity contribution < 1.29 is 9.18 Å². The zero-order chi connectivity index (χ0) is 15.7. The van der Waals surface area contributed by atoms with E-state index < -0.39 is 0 Å². The Hall–Kier alpha value is -1.92. The molecular formula is C16H20ClFN4O. The molecule has 1 aromatic carbocycles. The normalized spacial score (nSPS) is 20.1. The molecule has 1 aliphatic rings. The summed E-state index contributed by atoms with van der Waals surface area (Å²) in [4.78, 5) is 12.6. The maximum absolute atomic E-state index is 13.3. The number of benzene rings is 1. The summed E-state index contributed by atoms with van der Waals surface area (Å²) >= 11 is 0. The van der Waals surface area contributed by atoms with Gasteiger partial charge in [-0.2, -0.15) is 5.10 Å². The minimum atomic E-state index is -0.353. The van der Waals surface area contributed by atoms with Crippen LogP contribution >= 0.6 is 12.4 Å². The Morgan fingerprint density at radius 2 is 2.22 bits per heavy atom. The van der Waals surface area contributed by atoms with Gasteiger partial charge in [0.25, 0.3) is 0 Å². The van der Waals surface area contributed by atoms with Gasteiger partial charge >= 0.3 is 0 Å². The maximum atomic E-state index is 13.3. The first-order valence-corrected chi connectivity index (χ1v) is 7.31. The highest BCUT2D eigenvalue weighted by atomic mass is 35.5. The highest BCUT2D eigenvalue weighted by molar-refractivity contribution is 5.94. The molecule has 7 heteroatoms. The van der Waals surface area contributed by atoms with Crippen LogP contribution in [-0.4, -0.2) is 28.8 Å². The van der Waals surface area contributed by atoms with Crippen molar-refractivity contribution in [3.63, 3.8) is 0 Å². The first kappa shape index (κ1) is 17.4. The second-order valence-corrected chi connectivity index (χ2v) is 5.77. The van der Waals surface area contributed by atoms with Crippen LogP contribution in [0.25, 0.3) is 0 Å². The standard InChI is InChI=1S/C16H19FN4O.ClH/c1-10-3-4-12(17)5-15(10)20-16(22)14-8-18-7-13(14)11-6-19-21(2)9-11;/h3-6,9,13-14,18H,7-8H2,1-2H3,(H,20,22);1H/t13-,14+;/m1./s1. The zero-order valence-corrected chi connectivity index (χ0v) is 13.9. The molecule has 3 rings (SSSR count). The molecule has 0 unspecified atom stereocenters. The second-order valence-electron chi connectivity index (χ2n) is 5.77. The van der Waals surface area contributed by atoms with Crippen LogP contribution in [0.15, 0.2) is 30.6 Å². The first-order valence-electron chi connectivity index (χ1n) is 7.31. The number of nitrogens with one attached hydrogen (secondary N) is 2. The number of carbonyl (C=O) groups excluding carboxylic acids is 1. The minimum absolute atomic E-state index is 0. The average molecular weight is 339 g/mol. The molecule has 5 nitrogen and oxygen atoms in total. The molecule has 0 aliphatic carbocycles. The molecule has 124 valence electrons. The number of amides is 1. The summed E-state index contributed by atoms with van der Waals surface area (Å²) in [5.74, 6) is -0.545. The summed E-state index contributed by atoms with van der Waals surface area (Å²) in [6, 6.07) is 4.41. The van der Waals surface area contributed by atoms with Crippen LogP contribution in [0.2, 0.25) is 0 Å². The molecule has 2 N–H and O–H groups in total. The van der Waals surface area contributed by atoms with E-state index in [1.165, 1.54) is 12.1 Å². The van der Waals surface area contributed by atoms with Crippen molar-refractivity contribution in [1.29, 1.82) is 0 Å². The third kappa shape index (κ3) is 3.71. The minimum Gasteiger partial charge on any atom is -0.325 e. The fourth-order valence-electron chi connectivity index (χ4n) is 2.89. The number of rotatable bonds is 3. The molecule has 2 atom stereocenters. The average Bonchev–Trinajstić information content (AvgIpc) is 3.11. The topological polar surface area (TPSA) is 59.0 Å². The van der Waals surface area contributed by atoms with E-state index in [9.17, 15) is 9.18 Å². The molecule has 2 heterocycles. The lowest BCUT2D eigenvalue weighted by atomic mass is 9.90. The molecule has 1 aromatic heterocycles. The van der Waals surface area contributed by atoms with E-state index in [1.54, 1.807) is 16.9 Å². The number of halogens is 2. The molecular weight excluding hydrogens is 319 g/mol. The van der Waals surface area contributed by atoms with Crippen LogP contribution in [0.5, 0.6) is 0 Å². The SMILES string of the molecule is Cc1ccc(F)cc1NC(=O)[C@H]1CNC[C@@H]1c1cnn(C)c1.Cl. The van der Waals surface area contributed by atoms with Gasteiger partial charge in [0, 0.05) is 37.9 Å². The third-order valence-electron chi connectivity index (χ3n) is 4.16. The van der Waals surface area contributed by atoms with Gasteiger partial charge in [-0.3, -0.25) is 9.48 Å². The van der Waals surface area contributed by atoms with Gasteiger partial charge in [0.05, 0.1) is 12.1 Å². The molecule has 2 aromatic rings. The Labute approximate surface area is 140 Å². The molecule has 1 saturated heterocycles. The summed E-state index contributed by atoms with van der Waals surface area (Å²) in [5, 5.41) is 10.3. The van der Waals surface area contributed by atoms with Crippen LogP contribution in [-0.2, 0) is 11.8 Å². The van der Waals surface area contributed by atoms with E-state index in [-0.39, 0.29) is 36.0 Å². The van der Waals surface area contributed by atoms with Gasteiger partial charge in [0.2, 0.25) is 5.91 Å². The fourth-order valence-corrected chi connectivity index (χ4v) is 2.89. The third-order valence-corrected chi connectivity index (χ3v) is 4.16. The van der Waals surface area contributed by atoms with Crippen molar-refractivity contribution in [2.24, 2.45) is 13.0 Å². The molecule has 1 amide bonds. The molecule has 0 bridgehead atoms. The Kier molecular flexibility index (Phi) is 5.38. The fraction of sp³-hybridized carbons (Fsp3) is 0.375. The lowest BCUT2D eigenvalue weighted by Gasteiger charge is -2.18. The van der Waals surface area contributed by atoms with Gasteiger partial charge in [0.15, 0.2) is 0 Å². The van der Waals surface area contributed by atoms with Crippen LogP contribution in [0.1, 0.15) is 17.0 Å². The lowest BCUT2D eigenvalue weighted by molar-refractivity contribution is -0.119. The van der Waals surface area contributed by atoms with Crippen molar-refractivity contribution in [3.8, 4) is 0 Å². The van der Waals surface area contributed by atoms with E-state index in [2.05, 4.69) is 15.7 Å². The Balaban J connectivity index is 0.00000192. The molecule has 0 radical (unpaired) electrons. The van der Waals surface area contributed by atoms with Crippen molar-refractivity contribution in [1.82, 2.24) is 15.1 Å². The van der Waals surface area contributed by atoms with E-state index in [1.807, 2.05) is 20.2 Å². The first-order chi connectivity index (χ1) is 10.5. The zero-order valence-electron chi connectivity index (χ0n) is 13.0. The quantitative estimate of drug-likeness (QED) is 0.902. The summed E-state index contributed by atoms with van der Waals surface area (Å²) < 4.78 is 15.1. The Bertz CT molecular complexity index is 703. The number of aryl methyl sites for hydroxylation is 2. The number of hydrogen-bond donors (Lipinski definition) is 2. The number of aromatic nitrogens is 2. The van der Waals surface area contributed by atoms with Gasteiger partial charge in [-0.05, 0) is 30.2 Å². The molecule has 23 heavy (non-hydrogen) atoms. The van der Waals surface area contributed by atoms with Gasteiger partial charge in [-0.25, -0.2) is 4.39 Å². The van der Waals surface area contributed by atoms with Crippen molar-refractivity contribution in [3.05, 3.63) is 47.5 Å². The van der Waals surface area contributed by atoms with Gasteiger partial charge in [0.1, 0.15) is 5.82 Å². The molecule has 1 fully saturated rings. The van der Waals surface area contributed by atoms with Crippen molar-refractivity contribution in [2.45, 2.75) is 12.8 Å². The number of anilines is 1. The van der Waals surface area contributed by atoms with Crippen LogP contribution in [0.3, 0.4) is 0 Å². The Morgan fingerprint density at radius 1 is 1.43 bits per heavy atom. The molecule has 1 aliphatic heterocycles. The number of nitrogens with zero attached hydrogens (tertiary/aromatic N) is 2. The smallest absolute Gasteiger partial charge is 0.229 e. The summed E-state index contributed by atoms with van der Waals surface area (Å²) in [6.07, 6.45) is 3.73. The van der Waals surface area contributed by atoms with Crippen molar-refractivity contribution >= 4 is 24.0 Å². The van der Waals surface area contributed by atoms with Crippen LogP contribution in [0, 0.1) is 18.7 Å². The van der Waals surface area contributed by atoms with Crippen molar-refractivity contribution in [2.75, 3.05) is 18.4 Å². The highest BCUT2D eigenvalue weighted by Gasteiger charge is 2.34. The van der Waals surface area contributed by atoms with E-state index in [4.69, 9.17) is 0 Å². The monoisotopic (exact) mass is 338 g/mol. The van der Waals surface area contributed by atoms with Crippen LogP contribution < -0.4 is 10.6 Å². The van der Waals surface area contributed by atoms with Crippen LogP contribution in [0.4, 0.5) is 10.1 Å². The van der Waals surface area contributed by atoms with Gasteiger partial charge in [-0.15, -0.1) is 12.4 Å². The highest BCUT2D eigenvalue weighted by Crippen LogP contribution is 2.29. The largest absolute Gasteiger partial charge is 0.325 e. The molecule has 0 saturated carbocycles. The Morgan fingerprint density at radius 3 is 2.91 bits per heavy atom. The summed E-state index contributed by atoms with van der Waals surface area (Å²) in [5.41, 5.74) is 2.42. The summed E-state index contributed by atoms with van der Waals surface area (Å²) in [6.45, 7) is 3.20. The number of carbonyl (C=O) groups is 1. The molecule has 0 spiro atoms. The summed E-state index contributed by atoms with van der Waals surface area (Å²) in [7, 11) is 1.86. The predicted molar refractivity (Wildman–Crippen MR) is 89.3 cm³/mol. The van der Waals surface area contributed by atoms with E-state index in [0.717, 1.165) is 17.7 Å². The van der Waals surface area contributed by atoms with E-state index >= 15 is 0 Å². The maximum Gasteiger partial charge on any atom is 0.229 e. The second kappa shape index (κ2) is 7.10. The van der Waals surface area contributed by atoms with Gasteiger partial charge < -0.3 is 10.6 Å². The predicted octanol–water partition coefficient (Wildman–Crippen LogP) is 2.23. The lowest BCUT2D eigenvalue weighted by Crippen LogP contribution is -2.28. The van der Waals surface area contributed by atoms with Gasteiger partial charge in [-0.1, -0.05) is 6.07 Å².